The summed E-state index contributed by atoms with van der Waals surface area (Å²) in [5, 5.41) is 52.9. The van der Waals surface area contributed by atoms with Gasteiger partial charge in [-0.3, -0.25) is 0 Å². The van der Waals surface area contributed by atoms with Gasteiger partial charge in [-0.05, 0) is 88.7 Å². The van der Waals surface area contributed by atoms with Crippen LogP contribution in [0.15, 0.2) is 121 Å². The Morgan fingerprint density at radius 3 is 0.783 bits per heavy atom. The molecular formula is C56H62O4. The standard InChI is InChI=1S/C56H62O4/c1-53(2,3)43-27-15-23-37(49(43)57)47(38-24-16-28-44(50(38)58)54(4,5)6)35-21-13-19-33-31-34-20-14-22-36(42(34)32-41(33)35)48(39-25-17-29-45(51(39)59)55(7,8)9)40-26-18-30-46(52(40)60)56(10,11)12/h13-32,47-48,57-60H,1-12H3. The minimum atomic E-state index is -0.529. The molecule has 7 aromatic carbocycles. The molecule has 0 saturated carbocycles. The predicted octanol–water partition coefficient (Wildman–Crippen LogP) is 14.4. The van der Waals surface area contributed by atoms with Gasteiger partial charge in [0, 0.05) is 34.1 Å². The van der Waals surface area contributed by atoms with Gasteiger partial charge in [-0.25, -0.2) is 0 Å². The van der Waals surface area contributed by atoms with Crippen LogP contribution >= 0.6 is 0 Å². The van der Waals surface area contributed by atoms with Crippen molar-refractivity contribution < 1.29 is 20.4 Å². The highest BCUT2D eigenvalue weighted by Crippen LogP contribution is 2.51. The Kier molecular flexibility index (Phi) is 10.6. The largest absolute Gasteiger partial charge is 0.507 e. The summed E-state index contributed by atoms with van der Waals surface area (Å²) in [5.74, 6) is -0.178. The van der Waals surface area contributed by atoms with Crippen LogP contribution in [0.25, 0.3) is 21.5 Å². The van der Waals surface area contributed by atoms with E-state index < -0.39 is 11.8 Å². The van der Waals surface area contributed by atoms with Crippen molar-refractivity contribution in [1.82, 2.24) is 0 Å². The van der Waals surface area contributed by atoms with Crippen molar-refractivity contribution in [2.24, 2.45) is 0 Å². The Bertz CT molecular complexity index is 2430. The van der Waals surface area contributed by atoms with Gasteiger partial charge in [0.1, 0.15) is 23.0 Å². The lowest BCUT2D eigenvalue weighted by Gasteiger charge is -2.29. The first kappa shape index (κ1) is 42.4. The Morgan fingerprint density at radius 1 is 0.300 bits per heavy atom. The number of hydrogen-bond acceptors (Lipinski definition) is 4. The molecule has 0 amide bonds. The topological polar surface area (TPSA) is 80.9 Å². The SMILES string of the molecule is CC(C)(C)c1cccc(C(c2cccc(C(C)(C)C)c2O)c2cccc3cc4cccc(C(c5cccc(C(C)(C)C)c5O)c5cccc(C(C)(C)C)c5O)c4cc23)c1O. The minimum Gasteiger partial charge on any atom is -0.507 e. The van der Waals surface area contributed by atoms with Crippen LogP contribution in [0.3, 0.4) is 0 Å². The molecule has 0 aromatic heterocycles. The molecule has 0 aliphatic carbocycles. The molecule has 60 heavy (non-hydrogen) atoms. The van der Waals surface area contributed by atoms with Gasteiger partial charge in [0.2, 0.25) is 0 Å². The van der Waals surface area contributed by atoms with Crippen molar-refractivity contribution in [3.05, 3.63) is 177 Å². The van der Waals surface area contributed by atoms with Crippen LogP contribution in [0, 0.1) is 0 Å². The monoisotopic (exact) mass is 798 g/mol. The molecule has 4 nitrogen and oxygen atoms in total. The van der Waals surface area contributed by atoms with Gasteiger partial charge in [0.05, 0.1) is 0 Å². The number of hydrogen-bond donors (Lipinski definition) is 4. The molecule has 0 radical (unpaired) electrons. The molecule has 0 fully saturated rings. The van der Waals surface area contributed by atoms with E-state index in [0.717, 1.165) is 77.2 Å². The van der Waals surface area contributed by atoms with E-state index in [-0.39, 0.29) is 44.7 Å². The van der Waals surface area contributed by atoms with Crippen molar-refractivity contribution in [2.45, 2.75) is 117 Å². The van der Waals surface area contributed by atoms with E-state index in [2.05, 4.69) is 132 Å². The van der Waals surface area contributed by atoms with E-state index in [1.807, 2.05) is 72.8 Å². The zero-order chi connectivity index (χ0) is 43.7. The Balaban J connectivity index is 1.59. The summed E-state index contributed by atoms with van der Waals surface area (Å²) in [6.07, 6.45) is 0. The van der Waals surface area contributed by atoms with E-state index in [4.69, 9.17) is 0 Å². The first-order chi connectivity index (χ1) is 28.0. The fraction of sp³-hybridized carbons (Fsp3) is 0.321. The third-order valence-electron chi connectivity index (χ3n) is 12.3. The third-order valence-corrected chi connectivity index (χ3v) is 12.3. The van der Waals surface area contributed by atoms with Gasteiger partial charge < -0.3 is 20.4 Å². The lowest BCUT2D eigenvalue weighted by molar-refractivity contribution is 0.431. The summed E-state index contributed by atoms with van der Waals surface area (Å²) in [4.78, 5) is 0. The smallest absolute Gasteiger partial charge is 0.123 e. The predicted molar refractivity (Wildman–Crippen MR) is 251 cm³/mol. The molecular weight excluding hydrogens is 737 g/mol. The summed E-state index contributed by atoms with van der Waals surface area (Å²) in [6, 6.07) is 40.9. The van der Waals surface area contributed by atoms with E-state index in [1.54, 1.807) is 0 Å². The van der Waals surface area contributed by atoms with Crippen molar-refractivity contribution in [3.63, 3.8) is 0 Å². The minimum absolute atomic E-state index is 0.220. The number of fused-ring (bicyclic) bond motifs is 2. The van der Waals surface area contributed by atoms with Crippen LogP contribution in [-0.4, -0.2) is 20.4 Å². The van der Waals surface area contributed by atoms with Crippen LogP contribution in [0.2, 0.25) is 0 Å². The second-order valence-electron chi connectivity index (χ2n) is 20.8. The lowest BCUT2D eigenvalue weighted by atomic mass is 9.75. The van der Waals surface area contributed by atoms with Gasteiger partial charge in [-0.1, -0.05) is 192 Å². The summed E-state index contributed by atoms with van der Waals surface area (Å²) < 4.78 is 0. The highest BCUT2D eigenvalue weighted by Gasteiger charge is 2.33. The molecule has 0 aliphatic rings. The van der Waals surface area contributed by atoms with Crippen LogP contribution < -0.4 is 0 Å². The lowest BCUT2D eigenvalue weighted by Crippen LogP contribution is -2.15. The van der Waals surface area contributed by atoms with Crippen molar-refractivity contribution in [2.75, 3.05) is 0 Å². The molecule has 7 rings (SSSR count). The summed E-state index contributed by atoms with van der Waals surface area (Å²) >= 11 is 0. The Morgan fingerprint density at radius 2 is 0.533 bits per heavy atom. The average Bonchev–Trinajstić information content (AvgIpc) is 3.15. The maximum atomic E-state index is 12.2. The molecule has 310 valence electrons. The van der Waals surface area contributed by atoms with E-state index in [1.165, 1.54) is 0 Å². The first-order valence-electron chi connectivity index (χ1n) is 21.2. The van der Waals surface area contributed by atoms with Crippen molar-refractivity contribution >= 4 is 21.5 Å². The van der Waals surface area contributed by atoms with Crippen molar-refractivity contribution in [3.8, 4) is 23.0 Å². The fourth-order valence-electron chi connectivity index (χ4n) is 9.21. The second-order valence-corrected chi connectivity index (χ2v) is 20.8. The fourth-order valence-corrected chi connectivity index (χ4v) is 9.21. The summed E-state index contributed by atoms with van der Waals surface area (Å²) in [5.41, 5.74) is 6.78. The molecule has 0 unspecified atom stereocenters. The van der Waals surface area contributed by atoms with Crippen LogP contribution in [0.1, 0.15) is 151 Å². The number of rotatable bonds is 6. The molecule has 0 bridgehead atoms. The normalized spacial score (nSPS) is 12.9. The molecule has 7 aromatic rings. The molecule has 4 heteroatoms. The van der Waals surface area contributed by atoms with E-state index in [9.17, 15) is 20.4 Å². The van der Waals surface area contributed by atoms with Gasteiger partial charge in [0.15, 0.2) is 0 Å². The summed E-state index contributed by atoms with van der Waals surface area (Å²) in [6.45, 7) is 25.2. The van der Waals surface area contributed by atoms with Gasteiger partial charge >= 0.3 is 0 Å². The second kappa shape index (κ2) is 15.1. The van der Waals surface area contributed by atoms with Gasteiger partial charge in [0.25, 0.3) is 0 Å². The first-order valence-corrected chi connectivity index (χ1v) is 21.2. The molecule has 0 atom stereocenters. The molecule has 0 saturated heterocycles. The van der Waals surface area contributed by atoms with Crippen LogP contribution in [0.4, 0.5) is 0 Å². The number of phenolic OH excluding ortho intramolecular Hbond substituents is 4. The number of aromatic hydroxyl groups is 4. The highest BCUT2D eigenvalue weighted by molar-refractivity contribution is 6.02. The Hall–Kier alpha value is -5.74. The quantitative estimate of drug-likeness (QED) is 0.0998. The number of benzene rings is 7. The zero-order valence-corrected chi connectivity index (χ0v) is 37.5. The van der Waals surface area contributed by atoms with Gasteiger partial charge in [-0.2, -0.15) is 0 Å². The maximum absolute atomic E-state index is 12.2. The van der Waals surface area contributed by atoms with E-state index >= 15 is 0 Å². The van der Waals surface area contributed by atoms with Crippen LogP contribution in [-0.2, 0) is 21.7 Å². The average molecular weight is 799 g/mol. The maximum Gasteiger partial charge on any atom is 0.123 e. The zero-order valence-electron chi connectivity index (χ0n) is 37.5. The van der Waals surface area contributed by atoms with Crippen LogP contribution in [0.5, 0.6) is 23.0 Å². The van der Waals surface area contributed by atoms with E-state index in [0.29, 0.717) is 0 Å². The molecule has 4 N–H and O–H groups in total. The highest BCUT2D eigenvalue weighted by atomic mass is 16.3. The van der Waals surface area contributed by atoms with Gasteiger partial charge in [-0.15, -0.1) is 0 Å². The number of para-hydroxylation sites is 4. The number of phenols is 4. The molecule has 0 aliphatic heterocycles. The molecule has 0 heterocycles. The molecule has 0 spiro atoms. The third kappa shape index (κ3) is 7.62. The summed E-state index contributed by atoms with van der Waals surface area (Å²) in [7, 11) is 0. The Labute approximate surface area is 357 Å². The van der Waals surface area contributed by atoms with Crippen molar-refractivity contribution in [1.29, 1.82) is 0 Å².